The molecule has 2 aliphatic heterocycles. The van der Waals surface area contributed by atoms with Crippen molar-refractivity contribution in [1.29, 1.82) is 0 Å². The number of hydrogen-bond acceptors (Lipinski definition) is 3. The average molecular weight is 403 g/mol. The van der Waals surface area contributed by atoms with Crippen molar-refractivity contribution in [3.8, 4) is 0 Å². The van der Waals surface area contributed by atoms with Crippen molar-refractivity contribution in [3.63, 3.8) is 0 Å². The number of hydrogen-bond donors (Lipinski definition) is 0. The molecule has 0 saturated carbocycles. The zero-order valence-electron chi connectivity index (χ0n) is 16.7. The van der Waals surface area contributed by atoms with Crippen molar-refractivity contribution in [2.75, 3.05) is 0 Å². The molecule has 0 unspecified atom stereocenters. The van der Waals surface area contributed by atoms with Crippen LogP contribution >= 0.6 is 0 Å². The second-order valence-corrected chi connectivity index (χ2v) is 8.47. The molecule has 0 radical (unpaired) electrons. The van der Waals surface area contributed by atoms with Crippen LogP contribution in [0.1, 0.15) is 49.2 Å². The Labute approximate surface area is 167 Å². The molecule has 4 nitrogen and oxygen atoms in total. The number of fused-ring (bicyclic) bond motifs is 1. The molecule has 0 spiro atoms. The van der Waals surface area contributed by atoms with Crippen LogP contribution in [0.2, 0.25) is 0 Å². The zero-order valence-corrected chi connectivity index (χ0v) is 16.7. The van der Waals surface area contributed by atoms with Crippen molar-refractivity contribution in [2.24, 2.45) is 0 Å². The summed E-state index contributed by atoms with van der Waals surface area (Å²) < 4.78 is 55.1. The van der Waals surface area contributed by atoms with Gasteiger partial charge >= 0.3 is 7.12 Å². The Morgan fingerprint density at radius 1 is 1.00 bits per heavy atom. The van der Waals surface area contributed by atoms with Gasteiger partial charge in [-0.25, -0.2) is 13.2 Å². The highest BCUT2D eigenvalue weighted by atomic mass is 19.2. The van der Waals surface area contributed by atoms with Crippen LogP contribution in [-0.2, 0) is 22.4 Å². The highest BCUT2D eigenvalue weighted by Gasteiger charge is 2.52. The van der Waals surface area contributed by atoms with Crippen LogP contribution in [0.15, 0.2) is 30.3 Å². The second-order valence-electron chi connectivity index (χ2n) is 8.47. The van der Waals surface area contributed by atoms with Crippen molar-refractivity contribution in [3.05, 3.63) is 64.5 Å². The Morgan fingerprint density at radius 2 is 1.66 bits per heavy atom. The first-order valence-corrected chi connectivity index (χ1v) is 9.41. The van der Waals surface area contributed by atoms with E-state index in [9.17, 15) is 18.0 Å². The molecule has 2 heterocycles. The summed E-state index contributed by atoms with van der Waals surface area (Å²) in [6.45, 7) is 7.28. The van der Waals surface area contributed by atoms with Gasteiger partial charge in [-0.05, 0) is 39.3 Å². The Kier molecular flexibility index (Phi) is 4.55. The van der Waals surface area contributed by atoms with Gasteiger partial charge in [-0.2, -0.15) is 0 Å². The maximum atomic E-state index is 14.8. The van der Waals surface area contributed by atoms with E-state index in [-0.39, 0.29) is 29.7 Å². The smallest absolute Gasteiger partial charge is 0.399 e. The van der Waals surface area contributed by atoms with Crippen LogP contribution in [-0.4, -0.2) is 29.1 Å². The molecule has 0 bridgehead atoms. The van der Waals surface area contributed by atoms with Crippen molar-refractivity contribution >= 4 is 18.5 Å². The van der Waals surface area contributed by atoms with Gasteiger partial charge in [0, 0.05) is 24.1 Å². The first-order chi connectivity index (χ1) is 13.5. The molecular formula is C21H21BF3NO3. The van der Waals surface area contributed by atoms with Crippen molar-refractivity contribution in [2.45, 2.75) is 52.0 Å². The topological polar surface area (TPSA) is 38.8 Å². The summed E-state index contributed by atoms with van der Waals surface area (Å²) in [4.78, 5) is 13.8. The van der Waals surface area contributed by atoms with Crippen molar-refractivity contribution < 1.29 is 27.3 Å². The van der Waals surface area contributed by atoms with E-state index in [1.54, 1.807) is 6.07 Å². The van der Waals surface area contributed by atoms with Gasteiger partial charge in [-0.15, -0.1) is 0 Å². The van der Waals surface area contributed by atoms with Crippen LogP contribution < -0.4 is 5.46 Å². The largest absolute Gasteiger partial charge is 0.497 e. The molecule has 0 atom stereocenters. The highest BCUT2D eigenvalue weighted by molar-refractivity contribution is 6.62. The minimum absolute atomic E-state index is 0.00401. The predicted octanol–water partition coefficient (Wildman–Crippen LogP) is 3.56. The standard InChI is InChI=1S/C21H21BF3NO3/c1-20(2)21(3,4)29-22(28-20)14-9-8-13(17(24)18(14)25)11-26-10-12-6-5-7-15(23)16(12)19(26)27/h5-9H,10-11H2,1-4H3. The quantitative estimate of drug-likeness (QED) is 0.736. The van der Waals surface area contributed by atoms with Gasteiger partial charge < -0.3 is 14.2 Å². The van der Waals surface area contributed by atoms with Gasteiger partial charge in [0.15, 0.2) is 11.6 Å². The molecule has 2 aliphatic rings. The number of carbonyl (C=O) groups excluding carboxylic acids is 1. The molecule has 0 aliphatic carbocycles. The molecule has 2 aromatic rings. The number of carbonyl (C=O) groups is 1. The zero-order chi connectivity index (χ0) is 21.1. The van der Waals surface area contributed by atoms with Crippen LogP contribution in [0.25, 0.3) is 0 Å². The molecule has 1 saturated heterocycles. The van der Waals surface area contributed by atoms with Gasteiger partial charge in [0.1, 0.15) is 5.82 Å². The highest BCUT2D eigenvalue weighted by Crippen LogP contribution is 2.37. The van der Waals surface area contributed by atoms with Crippen molar-refractivity contribution in [1.82, 2.24) is 4.90 Å². The summed E-state index contributed by atoms with van der Waals surface area (Å²) in [7, 11) is -1.03. The molecule has 29 heavy (non-hydrogen) atoms. The Hall–Kier alpha value is -2.32. The third-order valence-electron chi connectivity index (χ3n) is 6.02. The molecule has 0 N–H and O–H groups in total. The number of amides is 1. The maximum absolute atomic E-state index is 14.8. The van der Waals surface area contributed by atoms with Crippen LogP contribution in [0.3, 0.4) is 0 Å². The number of halogens is 3. The molecule has 1 amide bonds. The third-order valence-corrected chi connectivity index (χ3v) is 6.02. The first kappa shape index (κ1) is 20.0. The molecule has 2 aromatic carbocycles. The minimum Gasteiger partial charge on any atom is -0.399 e. The molecule has 1 fully saturated rings. The maximum Gasteiger partial charge on any atom is 0.497 e. The van der Waals surface area contributed by atoms with E-state index in [0.29, 0.717) is 5.56 Å². The predicted molar refractivity (Wildman–Crippen MR) is 102 cm³/mol. The average Bonchev–Trinajstić information content (AvgIpc) is 3.05. The lowest BCUT2D eigenvalue weighted by Crippen LogP contribution is -2.41. The molecule has 152 valence electrons. The summed E-state index contributed by atoms with van der Waals surface area (Å²) in [5.74, 6) is -3.29. The minimum atomic E-state index is -1.07. The third kappa shape index (κ3) is 3.15. The lowest BCUT2D eigenvalue weighted by Gasteiger charge is -2.32. The normalized spacial score (nSPS) is 19.8. The van der Waals surface area contributed by atoms with E-state index in [1.165, 1.54) is 29.2 Å². The van der Waals surface area contributed by atoms with E-state index in [1.807, 2.05) is 27.7 Å². The molecular weight excluding hydrogens is 382 g/mol. The summed E-state index contributed by atoms with van der Waals surface area (Å²) in [5.41, 5.74) is -0.878. The fourth-order valence-corrected chi connectivity index (χ4v) is 3.59. The van der Waals surface area contributed by atoms with Crippen LogP contribution in [0.4, 0.5) is 13.2 Å². The monoisotopic (exact) mass is 403 g/mol. The lowest BCUT2D eigenvalue weighted by atomic mass is 9.78. The van der Waals surface area contributed by atoms with Gasteiger partial charge in [-0.3, -0.25) is 4.79 Å². The van der Waals surface area contributed by atoms with E-state index >= 15 is 0 Å². The Morgan fingerprint density at radius 3 is 2.28 bits per heavy atom. The second kappa shape index (κ2) is 6.60. The SMILES string of the molecule is CC1(C)OB(c2ccc(CN3Cc4cccc(F)c4C3=O)c(F)c2F)OC1(C)C. The van der Waals surface area contributed by atoms with Crippen LogP contribution in [0, 0.1) is 17.5 Å². The van der Waals surface area contributed by atoms with E-state index in [0.717, 1.165) is 0 Å². The van der Waals surface area contributed by atoms with E-state index in [2.05, 4.69) is 0 Å². The summed E-state index contributed by atoms with van der Waals surface area (Å²) >= 11 is 0. The Balaban J connectivity index is 1.58. The Bertz CT molecular complexity index is 993. The number of benzene rings is 2. The first-order valence-electron chi connectivity index (χ1n) is 9.41. The fraction of sp³-hybridized carbons (Fsp3) is 0.381. The van der Waals surface area contributed by atoms with E-state index in [4.69, 9.17) is 9.31 Å². The van der Waals surface area contributed by atoms with Gasteiger partial charge in [0.05, 0.1) is 16.8 Å². The molecule has 4 rings (SSSR count). The summed E-state index contributed by atoms with van der Waals surface area (Å²) in [5, 5.41) is 0. The van der Waals surface area contributed by atoms with Gasteiger partial charge in [0.2, 0.25) is 0 Å². The summed E-state index contributed by atoms with van der Waals surface area (Å²) in [6.07, 6.45) is 0. The lowest BCUT2D eigenvalue weighted by molar-refractivity contribution is 0.00578. The summed E-state index contributed by atoms with van der Waals surface area (Å²) in [6, 6.07) is 7.19. The fourth-order valence-electron chi connectivity index (χ4n) is 3.59. The van der Waals surface area contributed by atoms with Gasteiger partial charge in [-0.1, -0.05) is 24.3 Å². The van der Waals surface area contributed by atoms with E-state index < -0.39 is 41.7 Å². The molecule has 8 heteroatoms. The number of rotatable bonds is 3. The number of nitrogens with zero attached hydrogens (tertiary/aromatic N) is 1. The van der Waals surface area contributed by atoms with Crippen LogP contribution in [0.5, 0.6) is 0 Å². The molecule has 0 aromatic heterocycles. The van der Waals surface area contributed by atoms with Gasteiger partial charge in [0.25, 0.3) is 5.91 Å².